The van der Waals surface area contributed by atoms with Gasteiger partial charge in [-0.25, -0.2) is 0 Å². The number of nitrogens with zero attached hydrogens (tertiary/aromatic N) is 1. The molecule has 0 aliphatic heterocycles. The monoisotopic (exact) mass is 315 g/mol. The Morgan fingerprint density at radius 3 is 2.65 bits per heavy atom. The van der Waals surface area contributed by atoms with Gasteiger partial charge >= 0.3 is 0 Å². The van der Waals surface area contributed by atoms with Crippen LogP contribution in [0.4, 0.5) is 0 Å². The van der Waals surface area contributed by atoms with Gasteiger partial charge in [0.15, 0.2) is 0 Å². The number of phenols is 1. The van der Waals surface area contributed by atoms with E-state index in [0.717, 1.165) is 6.42 Å². The normalized spacial score (nSPS) is 20.6. The van der Waals surface area contributed by atoms with Crippen LogP contribution in [0.5, 0.6) is 5.75 Å². The SMILES string of the molecule is O=C(C1CCCC1O)N(Cc1ccco1)Cc1ccccc1O. The molecule has 1 fully saturated rings. The van der Waals surface area contributed by atoms with E-state index in [1.165, 1.54) is 0 Å². The summed E-state index contributed by atoms with van der Waals surface area (Å²) >= 11 is 0. The van der Waals surface area contributed by atoms with Crippen LogP contribution in [0.15, 0.2) is 47.1 Å². The Morgan fingerprint density at radius 1 is 1.17 bits per heavy atom. The molecule has 3 rings (SSSR count). The highest BCUT2D eigenvalue weighted by Gasteiger charge is 2.34. The number of aromatic hydroxyl groups is 1. The first kappa shape index (κ1) is 15.6. The molecule has 1 aliphatic rings. The van der Waals surface area contributed by atoms with Crippen molar-refractivity contribution >= 4 is 5.91 Å². The average molecular weight is 315 g/mol. The molecule has 0 radical (unpaired) electrons. The lowest BCUT2D eigenvalue weighted by molar-refractivity contribution is -0.139. The quantitative estimate of drug-likeness (QED) is 0.889. The molecular formula is C18H21NO4. The minimum Gasteiger partial charge on any atom is -0.508 e. The summed E-state index contributed by atoms with van der Waals surface area (Å²) in [7, 11) is 0. The third-order valence-electron chi connectivity index (χ3n) is 4.39. The van der Waals surface area contributed by atoms with Crippen LogP contribution in [0.3, 0.4) is 0 Å². The van der Waals surface area contributed by atoms with Gasteiger partial charge in [0.25, 0.3) is 0 Å². The number of aliphatic hydroxyl groups is 1. The smallest absolute Gasteiger partial charge is 0.229 e. The van der Waals surface area contributed by atoms with Gasteiger partial charge in [-0.05, 0) is 37.5 Å². The molecule has 2 aromatic rings. The molecule has 122 valence electrons. The summed E-state index contributed by atoms with van der Waals surface area (Å²) in [6, 6.07) is 10.6. The zero-order valence-electron chi connectivity index (χ0n) is 12.9. The molecule has 1 aromatic heterocycles. The van der Waals surface area contributed by atoms with E-state index in [-0.39, 0.29) is 24.1 Å². The Bertz CT molecular complexity index is 653. The number of hydrogen-bond acceptors (Lipinski definition) is 4. The van der Waals surface area contributed by atoms with E-state index in [1.807, 2.05) is 12.1 Å². The van der Waals surface area contributed by atoms with Crippen LogP contribution < -0.4 is 0 Å². The molecule has 1 aliphatic carbocycles. The number of aliphatic hydroxyl groups excluding tert-OH is 1. The number of carbonyl (C=O) groups excluding carboxylic acids is 1. The molecule has 2 N–H and O–H groups in total. The summed E-state index contributed by atoms with van der Waals surface area (Å²) in [4.78, 5) is 14.5. The lowest BCUT2D eigenvalue weighted by Crippen LogP contribution is -2.38. The van der Waals surface area contributed by atoms with Crippen molar-refractivity contribution in [2.24, 2.45) is 5.92 Å². The lowest BCUT2D eigenvalue weighted by atomic mass is 10.0. The first-order valence-corrected chi connectivity index (χ1v) is 7.91. The second kappa shape index (κ2) is 6.87. The molecule has 0 saturated heterocycles. The van der Waals surface area contributed by atoms with Gasteiger partial charge in [-0.15, -0.1) is 0 Å². The molecular weight excluding hydrogens is 294 g/mol. The van der Waals surface area contributed by atoms with E-state index in [0.29, 0.717) is 30.7 Å². The molecule has 0 bridgehead atoms. The first-order chi connectivity index (χ1) is 11.1. The fourth-order valence-electron chi connectivity index (χ4n) is 3.12. The van der Waals surface area contributed by atoms with Crippen molar-refractivity contribution in [3.8, 4) is 5.75 Å². The van der Waals surface area contributed by atoms with Crippen LogP contribution in [0.25, 0.3) is 0 Å². The van der Waals surface area contributed by atoms with E-state index in [1.54, 1.807) is 35.4 Å². The van der Waals surface area contributed by atoms with Crippen LogP contribution in [-0.2, 0) is 17.9 Å². The number of furan rings is 1. The van der Waals surface area contributed by atoms with E-state index < -0.39 is 6.10 Å². The van der Waals surface area contributed by atoms with Gasteiger partial charge in [0.05, 0.1) is 24.8 Å². The number of para-hydroxylation sites is 1. The summed E-state index contributed by atoms with van der Waals surface area (Å²) in [5.74, 6) is 0.392. The second-order valence-electron chi connectivity index (χ2n) is 6.01. The van der Waals surface area contributed by atoms with Gasteiger partial charge in [-0.1, -0.05) is 18.2 Å². The Kier molecular flexibility index (Phi) is 4.67. The molecule has 23 heavy (non-hydrogen) atoms. The topological polar surface area (TPSA) is 73.9 Å². The summed E-state index contributed by atoms with van der Waals surface area (Å²) in [6.45, 7) is 0.610. The maximum Gasteiger partial charge on any atom is 0.229 e. The van der Waals surface area contributed by atoms with Crippen LogP contribution in [0.2, 0.25) is 0 Å². The summed E-state index contributed by atoms with van der Waals surface area (Å²) in [5.41, 5.74) is 0.680. The maximum absolute atomic E-state index is 12.8. The largest absolute Gasteiger partial charge is 0.508 e. The predicted molar refractivity (Wildman–Crippen MR) is 84.4 cm³/mol. The lowest BCUT2D eigenvalue weighted by Gasteiger charge is -2.26. The molecule has 5 heteroatoms. The third kappa shape index (κ3) is 3.56. The Balaban J connectivity index is 1.81. The van der Waals surface area contributed by atoms with Gasteiger partial charge in [-0.3, -0.25) is 4.79 Å². The third-order valence-corrected chi connectivity index (χ3v) is 4.39. The van der Waals surface area contributed by atoms with Crippen LogP contribution in [0, 0.1) is 5.92 Å². The van der Waals surface area contributed by atoms with Crippen molar-refractivity contribution < 1.29 is 19.4 Å². The number of rotatable bonds is 5. The van der Waals surface area contributed by atoms with Crippen molar-refractivity contribution in [2.75, 3.05) is 0 Å². The van der Waals surface area contributed by atoms with Crippen molar-refractivity contribution in [3.63, 3.8) is 0 Å². The van der Waals surface area contributed by atoms with Crippen molar-refractivity contribution in [1.82, 2.24) is 4.90 Å². The highest BCUT2D eigenvalue weighted by atomic mass is 16.3. The molecule has 1 amide bonds. The molecule has 2 atom stereocenters. The standard InChI is InChI=1S/C18H21NO4/c20-16-8-2-1-5-13(16)11-19(12-14-6-4-10-23-14)18(22)15-7-3-9-17(15)21/h1-2,4-6,8,10,15,17,20-21H,3,7,9,11-12H2. The number of phenolic OH excluding ortho intramolecular Hbond substituents is 1. The predicted octanol–water partition coefficient (Wildman–Crippen LogP) is 2.68. The highest BCUT2D eigenvalue weighted by molar-refractivity contribution is 5.79. The van der Waals surface area contributed by atoms with Crippen LogP contribution in [0.1, 0.15) is 30.6 Å². The zero-order chi connectivity index (χ0) is 16.2. The van der Waals surface area contributed by atoms with Crippen LogP contribution in [-0.4, -0.2) is 27.1 Å². The number of amides is 1. The average Bonchev–Trinajstić information content (AvgIpc) is 3.19. The zero-order valence-corrected chi connectivity index (χ0v) is 12.9. The fourth-order valence-corrected chi connectivity index (χ4v) is 3.12. The van der Waals surface area contributed by atoms with E-state index >= 15 is 0 Å². The molecule has 5 nitrogen and oxygen atoms in total. The van der Waals surface area contributed by atoms with Crippen LogP contribution >= 0.6 is 0 Å². The highest BCUT2D eigenvalue weighted by Crippen LogP contribution is 2.29. The van der Waals surface area contributed by atoms with Gasteiger partial charge < -0.3 is 19.5 Å². The van der Waals surface area contributed by atoms with Gasteiger partial charge in [0.2, 0.25) is 5.91 Å². The van der Waals surface area contributed by atoms with Crippen molar-refractivity contribution in [3.05, 3.63) is 54.0 Å². The van der Waals surface area contributed by atoms with E-state index in [4.69, 9.17) is 4.42 Å². The molecule has 1 saturated carbocycles. The van der Waals surface area contributed by atoms with Crippen molar-refractivity contribution in [1.29, 1.82) is 0 Å². The first-order valence-electron chi connectivity index (χ1n) is 7.91. The molecule has 2 unspecified atom stereocenters. The minimum absolute atomic E-state index is 0.0883. The summed E-state index contributed by atoms with van der Waals surface area (Å²) in [5, 5.41) is 20.0. The second-order valence-corrected chi connectivity index (χ2v) is 6.01. The molecule has 0 spiro atoms. The maximum atomic E-state index is 12.8. The van der Waals surface area contributed by atoms with Gasteiger partial charge in [0, 0.05) is 12.1 Å². The molecule has 1 aromatic carbocycles. The van der Waals surface area contributed by atoms with Crippen molar-refractivity contribution in [2.45, 2.75) is 38.5 Å². The molecule has 1 heterocycles. The van der Waals surface area contributed by atoms with Gasteiger partial charge in [-0.2, -0.15) is 0 Å². The van der Waals surface area contributed by atoms with E-state index in [9.17, 15) is 15.0 Å². The fraction of sp³-hybridized carbons (Fsp3) is 0.389. The number of hydrogen-bond donors (Lipinski definition) is 2. The van der Waals surface area contributed by atoms with E-state index in [2.05, 4.69) is 0 Å². The summed E-state index contributed by atoms with van der Waals surface area (Å²) in [6.07, 6.45) is 3.23. The summed E-state index contributed by atoms with van der Waals surface area (Å²) < 4.78 is 5.35. The Hall–Kier alpha value is -2.27. The number of carbonyl (C=O) groups is 1. The Morgan fingerprint density at radius 2 is 2.00 bits per heavy atom. The minimum atomic E-state index is -0.578. The Labute approximate surface area is 135 Å². The van der Waals surface area contributed by atoms with Gasteiger partial charge in [0.1, 0.15) is 11.5 Å². The number of benzene rings is 1.